The minimum atomic E-state index is 0.324. The first kappa shape index (κ1) is 16.9. The quantitative estimate of drug-likeness (QED) is 0.554. The molecule has 0 aliphatic carbocycles. The zero-order valence-electron chi connectivity index (χ0n) is 11.5. The molecule has 1 aromatic carbocycles. The first-order valence-electron chi connectivity index (χ1n) is 6.09. The number of thioether (sulfide) groups is 4. The van der Waals surface area contributed by atoms with E-state index in [0.717, 1.165) is 0 Å². The van der Waals surface area contributed by atoms with Crippen LogP contribution in [0.5, 0.6) is 11.5 Å². The highest BCUT2D eigenvalue weighted by molar-refractivity contribution is 8.25. The summed E-state index contributed by atoms with van der Waals surface area (Å²) in [6.45, 7) is 0.648. The monoisotopic (exact) mass is 392 g/mol. The SMILES string of the molecule is N#CC=C1Sc2c(OC=O)c3c(c(OC=O)c2S1)SC(=CC#N)S3. The topological polar surface area (TPSA) is 100 Å². The second-order valence-electron chi connectivity index (χ2n) is 4.00. The summed E-state index contributed by atoms with van der Waals surface area (Å²) in [4.78, 5) is 24.3. The lowest BCUT2D eigenvalue weighted by Gasteiger charge is -2.13. The van der Waals surface area contributed by atoms with Gasteiger partial charge < -0.3 is 9.47 Å². The normalized spacial score (nSPS) is 14.1. The molecule has 0 atom stereocenters. The standard InChI is InChI=1S/C14H4N2O4S4/c15-3-1-7-21-11-9(19-5-17)13-14(24-8(23-13)2-4-16)10(20-6-18)12(11)22-7/h1-2,5-6H. The summed E-state index contributed by atoms with van der Waals surface area (Å²) in [5, 5.41) is 17.7. The molecule has 118 valence electrons. The first-order chi connectivity index (χ1) is 11.7. The van der Waals surface area contributed by atoms with Crippen LogP contribution < -0.4 is 9.47 Å². The lowest BCUT2D eigenvalue weighted by atomic mass is 10.3. The van der Waals surface area contributed by atoms with Gasteiger partial charge in [-0.3, -0.25) is 9.59 Å². The lowest BCUT2D eigenvalue weighted by molar-refractivity contribution is -0.122. The molecule has 0 aromatic heterocycles. The third-order valence-corrected chi connectivity index (χ3v) is 7.65. The number of ether oxygens (including phenoxy) is 2. The van der Waals surface area contributed by atoms with E-state index < -0.39 is 0 Å². The molecule has 0 bridgehead atoms. The van der Waals surface area contributed by atoms with E-state index >= 15 is 0 Å². The Kier molecular flexibility index (Phi) is 5.11. The molecule has 0 saturated carbocycles. The van der Waals surface area contributed by atoms with E-state index in [-0.39, 0.29) is 0 Å². The van der Waals surface area contributed by atoms with E-state index in [1.165, 1.54) is 59.2 Å². The summed E-state index contributed by atoms with van der Waals surface area (Å²) in [6, 6.07) is 3.90. The molecule has 0 saturated heterocycles. The van der Waals surface area contributed by atoms with Gasteiger partial charge in [0, 0.05) is 12.2 Å². The first-order valence-corrected chi connectivity index (χ1v) is 9.35. The average molecular weight is 392 g/mol. The van der Waals surface area contributed by atoms with Crippen molar-refractivity contribution in [3.8, 4) is 23.6 Å². The molecule has 24 heavy (non-hydrogen) atoms. The van der Waals surface area contributed by atoms with Crippen LogP contribution in [0.2, 0.25) is 0 Å². The van der Waals surface area contributed by atoms with E-state index in [1.807, 2.05) is 12.1 Å². The van der Waals surface area contributed by atoms with Crippen LogP contribution in [0.4, 0.5) is 0 Å². The van der Waals surface area contributed by atoms with Gasteiger partial charge in [-0.2, -0.15) is 10.5 Å². The fraction of sp³-hybridized carbons (Fsp3) is 0. The van der Waals surface area contributed by atoms with Crippen LogP contribution in [0.15, 0.2) is 40.2 Å². The van der Waals surface area contributed by atoms with Crippen molar-refractivity contribution in [2.75, 3.05) is 0 Å². The van der Waals surface area contributed by atoms with Crippen LogP contribution in [0.25, 0.3) is 0 Å². The van der Waals surface area contributed by atoms with Gasteiger partial charge in [0.15, 0.2) is 11.5 Å². The summed E-state index contributed by atoms with van der Waals surface area (Å²) >= 11 is 5.05. The molecule has 0 radical (unpaired) electrons. The maximum atomic E-state index is 10.9. The molecule has 1 aromatic rings. The molecule has 2 aliphatic rings. The van der Waals surface area contributed by atoms with Crippen molar-refractivity contribution < 1.29 is 19.1 Å². The van der Waals surface area contributed by atoms with Crippen molar-refractivity contribution in [3.63, 3.8) is 0 Å². The zero-order chi connectivity index (χ0) is 17.1. The number of hydrogen-bond donors (Lipinski definition) is 0. The molecular weight excluding hydrogens is 388 g/mol. The highest BCUT2D eigenvalue weighted by Crippen LogP contribution is 2.67. The summed E-state index contributed by atoms with van der Waals surface area (Å²) < 4.78 is 11.7. The molecule has 2 heterocycles. The zero-order valence-corrected chi connectivity index (χ0v) is 14.7. The van der Waals surface area contributed by atoms with E-state index in [0.29, 0.717) is 52.5 Å². The molecule has 0 amide bonds. The number of hydrogen-bond acceptors (Lipinski definition) is 10. The van der Waals surface area contributed by atoms with Crippen molar-refractivity contribution in [1.29, 1.82) is 10.5 Å². The molecule has 0 fully saturated rings. The van der Waals surface area contributed by atoms with E-state index in [4.69, 9.17) is 20.0 Å². The number of carbonyl (C=O) groups excluding carboxylic acids is 2. The highest BCUT2D eigenvalue weighted by Gasteiger charge is 2.36. The number of allylic oxidation sites excluding steroid dienone is 2. The number of rotatable bonds is 4. The Morgan fingerprint density at radius 2 is 1.04 bits per heavy atom. The third kappa shape index (κ3) is 2.89. The maximum Gasteiger partial charge on any atom is 0.298 e. The minimum Gasteiger partial charge on any atom is -0.426 e. The molecule has 3 rings (SSSR count). The van der Waals surface area contributed by atoms with E-state index in [9.17, 15) is 9.59 Å². The lowest BCUT2D eigenvalue weighted by Crippen LogP contribution is -1.98. The Labute approximate surface area is 153 Å². The van der Waals surface area contributed by atoms with Gasteiger partial charge in [-0.15, -0.1) is 0 Å². The third-order valence-electron chi connectivity index (χ3n) is 2.74. The molecule has 0 spiro atoms. The fourth-order valence-corrected chi connectivity index (χ4v) is 6.89. The van der Waals surface area contributed by atoms with Crippen LogP contribution in [-0.4, -0.2) is 12.9 Å². The molecule has 6 nitrogen and oxygen atoms in total. The minimum absolute atomic E-state index is 0.324. The van der Waals surface area contributed by atoms with Crippen molar-refractivity contribution in [2.24, 2.45) is 0 Å². The smallest absolute Gasteiger partial charge is 0.298 e. The number of carbonyl (C=O) groups is 2. The number of nitrogens with zero attached hydrogens (tertiary/aromatic N) is 2. The predicted molar refractivity (Wildman–Crippen MR) is 90.6 cm³/mol. The predicted octanol–water partition coefficient (Wildman–Crippen LogP) is 3.88. The fourth-order valence-electron chi connectivity index (χ4n) is 1.97. The second-order valence-corrected chi connectivity index (χ2v) is 8.72. The largest absolute Gasteiger partial charge is 0.426 e. The van der Waals surface area contributed by atoms with Crippen molar-refractivity contribution in [3.05, 3.63) is 20.6 Å². The summed E-state index contributed by atoms with van der Waals surface area (Å²) in [5.41, 5.74) is 0. The summed E-state index contributed by atoms with van der Waals surface area (Å²) in [7, 11) is 0. The Morgan fingerprint density at radius 1 is 0.708 bits per heavy atom. The maximum absolute atomic E-state index is 10.9. The molecule has 0 N–H and O–H groups in total. The van der Waals surface area contributed by atoms with Crippen molar-refractivity contribution in [1.82, 2.24) is 0 Å². The van der Waals surface area contributed by atoms with Gasteiger partial charge in [-0.25, -0.2) is 0 Å². The van der Waals surface area contributed by atoms with Gasteiger partial charge in [-0.1, -0.05) is 47.0 Å². The number of fused-ring (bicyclic) bond motifs is 2. The number of nitriles is 2. The Bertz CT molecular complexity index is 782. The van der Waals surface area contributed by atoms with Gasteiger partial charge in [0.05, 0.1) is 40.2 Å². The summed E-state index contributed by atoms with van der Waals surface area (Å²) in [6.07, 6.45) is 2.74. The average Bonchev–Trinajstić information content (AvgIpc) is 3.16. The van der Waals surface area contributed by atoms with Gasteiger partial charge >= 0.3 is 0 Å². The van der Waals surface area contributed by atoms with Crippen LogP contribution in [0.3, 0.4) is 0 Å². The Hall–Kier alpha value is -1.98. The van der Waals surface area contributed by atoms with Crippen LogP contribution in [-0.2, 0) is 9.59 Å². The van der Waals surface area contributed by atoms with E-state index in [1.54, 1.807) is 0 Å². The van der Waals surface area contributed by atoms with Crippen molar-refractivity contribution in [2.45, 2.75) is 19.6 Å². The number of benzene rings is 1. The highest BCUT2D eigenvalue weighted by atomic mass is 32.2. The Morgan fingerprint density at radius 3 is 1.29 bits per heavy atom. The molecular formula is C14H4N2O4S4. The van der Waals surface area contributed by atoms with Gasteiger partial charge in [-0.05, 0) is 0 Å². The second kappa shape index (κ2) is 7.28. The molecule has 0 unspecified atom stereocenters. The molecule has 2 aliphatic heterocycles. The Balaban J connectivity index is 2.23. The van der Waals surface area contributed by atoms with Gasteiger partial charge in [0.1, 0.15) is 0 Å². The van der Waals surface area contributed by atoms with Crippen LogP contribution in [0.1, 0.15) is 0 Å². The summed E-state index contributed by atoms with van der Waals surface area (Å²) in [5.74, 6) is 0.678. The van der Waals surface area contributed by atoms with E-state index in [2.05, 4.69) is 0 Å². The van der Waals surface area contributed by atoms with Gasteiger partial charge in [0.2, 0.25) is 0 Å². The van der Waals surface area contributed by atoms with Crippen LogP contribution >= 0.6 is 47.0 Å². The molecule has 10 heteroatoms. The van der Waals surface area contributed by atoms with Crippen molar-refractivity contribution >= 4 is 60.0 Å². The van der Waals surface area contributed by atoms with Gasteiger partial charge in [0.25, 0.3) is 12.9 Å². The van der Waals surface area contributed by atoms with Crippen LogP contribution in [0, 0.1) is 22.7 Å².